The maximum absolute atomic E-state index is 12.7. The second kappa shape index (κ2) is 9.26. The van der Waals surface area contributed by atoms with Gasteiger partial charge in [0.1, 0.15) is 5.82 Å². The summed E-state index contributed by atoms with van der Waals surface area (Å²) in [5, 5.41) is 6.76. The molecule has 0 spiro atoms. The molecule has 3 N–H and O–H groups in total. The zero-order valence-corrected chi connectivity index (χ0v) is 20.9. The zero-order valence-electron chi connectivity index (χ0n) is 19.4. The van der Waals surface area contributed by atoms with E-state index in [1.807, 2.05) is 36.4 Å². The van der Waals surface area contributed by atoms with Crippen LogP contribution in [0.15, 0.2) is 60.7 Å². The number of aromatic amines is 1. The number of halogens is 2. The summed E-state index contributed by atoms with van der Waals surface area (Å²) in [6, 6.07) is 17.9. The maximum atomic E-state index is 12.7. The maximum Gasteiger partial charge on any atom is 0.255 e. The Morgan fingerprint density at radius 2 is 1.61 bits per heavy atom. The number of amides is 2. The van der Waals surface area contributed by atoms with Crippen molar-refractivity contribution in [3.63, 3.8) is 0 Å². The molecule has 1 heterocycles. The molecule has 3 atom stereocenters. The van der Waals surface area contributed by atoms with Crippen molar-refractivity contribution in [1.82, 2.24) is 9.97 Å². The van der Waals surface area contributed by atoms with E-state index in [-0.39, 0.29) is 17.7 Å². The number of hydrogen-bond donors (Lipinski definition) is 3. The summed E-state index contributed by atoms with van der Waals surface area (Å²) < 4.78 is 0. The van der Waals surface area contributed by atoms with Crippen LogP contribution in [0.5, 0.6) is 0 Å². The topological polar surface area (TPSA) is 86.9 Å². The van der Waals surface area contributed by atoms with Crippen LogP contribution in [-0.2, 0) is 4.79 Å². The molecule has 36 heavy (non-hydrogen) atoms. The van der Waals surface area contributed by atoms with Crippen LogP contribution in [0.2, 0.25) is 10.0 Å². The van der Waals surface area contributed by atoms with Gasteiger partial charge in [-0.15, -0.1) is 0 Å². The smallest absolute Gasteiger partial charge is 0.255 e. The van der Waals surface area contributed by atoms with Gasteiger partial charge in [-0.2, -0.15) is 0 Å². The molecule has 6 nitrogen and oxygen atoms in total. The van der Waals surface area contributed by atoms with E-state index in [0.29, 0.717) is 33.0 Å². The SMILES string of the molecule is O=C(Nc1ccc2nc(-c3ccc(NC(=O)C4CC5CCC4C5)cc3)[nH]c2c1)c1cc(Cl)cc(Cl)c1. The minimum atomic E-state index is -0.304. The van der Waals surface area contributed by atoms with Gasteiger partial charge in [-0.05, 0) is 91.8 Å². The van der Waals surface area contributed by atoms with E-state index < -0.39 is 0 Å². The molecular weight excluding hydrogens is 495 g/mol. The summed E-state index contributed by atoms with van der Waals surface area (Å²) in [4.78, 5) is 33.4. The first kappa shape index (κ1) is 23.1. The summed E-state index contributed by atoms with van der Waals surface area (Å²) in [6.07, 6.45) is 4.71. The molecule has 2 aliphatic carbocycles. The molecule has 2 fully saturated rings. The van der Waals surface area contributed by atoms with E-state index in [1.54, 1.807) is 24.3 Å². The Morgan fingerprint density at radius 1 is 0.861 bits per heavy atom. The number of nitrogens with one attached hydrogen (secondary N) is 3. The number of aromatic nitrogens is 2. The largest absolute Gasteiger partial charge is 0.338 e. The molecule has 4 aromatic rings. The molecule has 3 unspecified atom stereocenters. The quantitative estimate of drug-likeness (QED) is 0.261. The molecule has 1 aromatic heterocycles. The predicted octanol–water partition coefficient (Wildman–Crippen LogP) is 7.16. The van der Waals surface area contributed by atoms with Gasteiger partial charge in [-0.25, -0.2) is 4.98 Å². The van der Waals surface area contributed by atoms with Crippen LogP contribution in [0, 0.1) is 17.8 Å². The van der Waals surface area contributed by atoms with Crippen molar-refractivity contribution >= 4 is 57.4 Å². The lowest BCUT2D eigenvalue weighted by Crippen LogP contribution is -2.27. The monoisotopic (exact) mass is 518 g/mol. The number of imidazole rings is 1. The third kappa shape index (κ3) is 4.59. The molecule has 0 aliphatic heterocycles. The van der Waals surface area contributed by atoms with Gasteiger partial charge in [-0.1, -0.05) is 29.6 Å². The molecule has 182 valence electrons. The lowest BCUT2D eigenvalue weighted by molar-refractivity contribution is -0.121. The Bertz CT molecular complexity index is 1460. The highest BCUT2D eigenvalue weighted by Crippen LogP contribution is 2.48. The highest BCUT2D eigenvalue weighted by Gasteiger charge is 2.43. The van der Waals surface area contributed by atoms with Crippen molar-refractivity contribution < 1.29 is 9.59 Å². The Labute approximate surface area is 218 Å². The standard InChI is InChI=1S/C28H24Cl2N4O2/c29-19-11-18(12-20(30)13-19)27(35)32-22-7-8-24-25(14-22)34-26(33-24)16-3-5-21(6-4-16)31-28(36)23-10-15-1-2-17(23)9-15/h3-8,11-15,17,23H,1-2,9-10H2,(H,31,36)(H,32,35)(H,33,34). The number of carbonyl (C=O) groups is 2. The van der Waals surface area contributed by atoms with Gasteiger partial charge in [-0.3, -0.25) is 9.59 Å². The molecular formula is C28H24Cl2N4O2. The van der Waals surface area contributed by atoms with Crippen LogP contribution in [0.4, 0.5) is 11.4 Å². The summed E-state index contributed by atoms with van der Waals surface area (Å²) >= 11 is 12.0. The molecule has 2 bridgehead atoms. The van der Waals surface area contributed by atoms with Gasteiger partial charge in [0, 0.05) is 38.5 Å². The third-order valence-electron chi connectivity index (χ3n) is 7.37. The number of carbonyl (C=O) groups excluding carboxylic acids is 2. The summed E-state index contributed by atoms with van der Waals surface area (Å²) in [6.45, 7) is 0. The predicted molar refractivity (Wildman–Crippen MR) is 144 cm³/mol. The van der Waals surface area contributed by atoms with Crippen LogP contribution in [0.1, 0.15) is 36.0 Å². The minimum absolute atomic E-state index is 0.147. The van der Waals surface area contributed by atoms with E-state index >= 15 is 0 Å². The molecule has 0 radical (unpaired) electrons. The number of H-pyrrole nitrogens is 1. The van der Waals surface area contributed by atoms with Gasteiger partial charge in [0.2, 0.25) is 5.91 Å². The van der Waals surface area contributed by atoms with E-state index in [1.165, 1.54) is 19.3 Å². The Balaban J connectivity index is 1.15. The fourth-order valence-electron chi connectivity index (χ4n) is 5.62. The van der Waals surface area contributed by atoms with Gasteiger partial charge in [0.15, 0.2) is 0 Å². The number of hydrogen-bond acceptors (Lipinski definition) is 3. The van der Waals surface area contributed by atoms with Crippen LogP contribution < -0.4 is 10.6 Å². The Morgan fingerprint density at radius 3 is 2.31 bits per heavy atom. The van der Waals surface area contributed by atoms with E-state index in [4.69, 9.17) is 23.2 Å². The van der Waals surface area contributed by atoms with Crippen molar-refractivity contribution in [2.24, 2.45) is 17.8 Å². The fraction of sp³-hybridized carbons (Fsp3) is 0.250. The molecule has 2 amide bonds. The highest BCUT2D eigenvalue weighted by atomic mass is 35.5. The number of benzene rings is 3. The van der Waals surface area contributed by atoms with Crippen LogP contribution in [0.3, 0.4) is 0 Å². The normalized spacial score (nSPS) is 20.6. The third-order valence-corrected chi connectivity index (χ3v) is 7.80. The lowest BCUT2D eigenvalue weighted by atomic mass is 9.88. The molecule has 0 saturated heterocycles. The second-order valence-electron chi connectivity index (χ2n) is 9.78. The van der Waals surface area contributed by atoms with Crippen LogP contribution in [-0.4, -0.2) is 21.8 Å². The number of nitrogens with zero attached hydrogens (tertiary/aromatic N) is 1. The molecule has 2 saturated carbocycles. The van der Waals surface area contributed by atoms with Crippen molar-refractivity contribution in [1.29, 1.82) is 0 Å². The van der Waals surface area contributed by atoms with E-state index in [2.05, 4.69) is 20.6 Å². The zero-order chi connectivity index (χ0) is 24.8. The summed E-state index contributed by atoms with van der Waals surface area (Å²) in [5.74, 6) is 2.01. The van der Waals surface area contributed by atoms with Crippen molar-refractivity contribution in [2.45, 2.75) is 25.7 Å². The number of fused-ring (bicyclic) bond motifs is 3. The average Bonchev–Trinajstić information content (AvgIpc) is 3.59. The minimum Gasteiger partial charge on any atom is -0.338 e. The number of anilines is 2. The molecule has 8 heteroatoms. The highest BCUT2D eigenvalue weighted by molar-refractivity contribution is 6.35. The van der Waals surface area contributed by atoms with E-state index in [0.717, 1.165) is 34.6 Å². The first-order valence-electron chi connectivity index (χ1n) is 12.1. The fourth-order valence-corrected chi connectivity index (χ4v) is 6.15. The van der Waals surface area contributed by atoms with Gasteiger partial charge in [0.25, 0.3) is 5.91 Å². The van der Waals surface area contributed by atoms with Crippen molar-refractivity contribution in [3.05, 3.63) is 76.3 Å². The molecule has 3 aromatic carbocycles. The van der Waals surface area contributed by atoms with E-state index in [9.17, 15) is 9.59 Å². The summed E-state index contributed by atoms with van der Waals surface area (Å²) in [7, 11) is 0. The lowest BCUT2D eigenvalue weighted by Gasteiger charge is -2.20. The molecule has 6 rings (SSSR count). The van der Waals surface area contributed by atoms with Gasteiger partial charge >= 0.3 is 0 Å². The van der Waals surface area contributed by atoms with Gasteiger partial charge < -0.3 is 15.6 Å². The van der Waals surface area contributed by atoms with Crippen LogP contribution >= 0.6 is 23.2 Å². The summed E-state index contributed by atoms with van der Waals surface area (Å²) in [5.41, 5.74) is 4.28. The van der Waals surface area contributed by atoms with Crippen LogP contribution in [0.25, 0.3) is 22.4 Å². The van der Waals surface area contributed by atoms with Crippen molar-refractivity contribution in [3.8, 4) is 11.4 Å². The average molecular weight is 519 g/mol. The number of rotatable bonds is 5. The first-order chi connectivity index (χ1) is 17.4. The van der Waals surface area contributed by atoms with Crippen molar-refractivity contribution in [2.75, 3.05) is 10.6 Å². The first-order valence-corrected chi connectivity index (χ1v) is 12.9. The second-order valence-corrected chi connectivity index (χ2v) is 10.7. The Hall–Kier alpha value is -3.35. The molecule has 2 aliphatic rings. The van der Waals surface area contributed by atoms with Gasteiger partial charge in [0.05, 0.1) is 11.0 Å². The Kier molecular flexibility index (Phi) is 5.94.